The van der Waals surface area contributed by atoms with Crippen LogP contribution >= 0.6 is 0 Å². The third kappa shape index (κ3) is 4.00. The number of aliphatic hydroxyl groups excluding tert-OH is 2. The molecule has 2 heterocycles. The van der Waals surface area contributed by atoms with E-state index in [-0.39, 0.29) is 12.0 Å². The maximum atomic E-state index is 10.3. The summed E-state index contributed by atoms with van der Waals surface area (Å²) in [5.41, 5.74) is 2.71. The molecule has 0 aliphatic heterocycles. The molecule has 0 bridgehead atoms. The summed E-state index contributed by atoms with van der Waals surface area (Å²) in [6.45, 7) is 6.51. The highest BCUT2D eigenvalue weighted by molar-refractivity contribution is 5.20. The second kappa shape index (κ2) is 7.51. The van der Waals surface area contributed by atoms with E-state index >= 15 is 0 Å². The van der Waals surface area contributed by atoms with Gasteiger partial charge in [0.2, 0.25) is 5.88 Å². The van der Waals surface area contributed by atoms with Crippen LogP contribution in [0.5, 0.6) is 5.88 Å². The minimum absolute atomic E-state index is 0.153. The van der Waals surface area contributed by atoms with E-state index in [0.29, 0.717) is 25.5 Å². The van der Waals surface area contributed by atoms with E-state index < -0.39 is 12.2 Å². The lowest BCUT2D eigenvalue weighted by molar-refractivity contribution is 0.00171. The highest BCUT2D eigenvalue weighted by Gasteiger charge is 2.41. The smallest absolute Gasteiger partial charge is 0.213 e. The van der Waals surface area contributed by atoms with Crippen molar-refractivity contribution in [1.29, 1.82) is 0 Å². The van der Waals surface area contributed by atoms with Crippen LogP contribution in [0, 0.1) is 26.7 Å². The number of nitrogens with zero attached hydrogens (tertiary/aromatic N) is 2. The molecule has 0 amide bonds. The summed E-state index contributed by atoms with van der Waals surface area (Å²) in [5, 5.41) is 27.8. The molecule has 1 aliphatic carbocycles. The van der Waals surface area contributed by atoms with Crippen LogP contribution in [0.2, 0.25) is 0 Å². The van der Waals surface area contributed by atoms with Crippen molar-refractivity contribution in [1.82, 2.24) is 15.5 Å². The molecule has 4 unspecified atom stereocenters. The van der Waals surface area contributed by atoms with Crippen LogP contribution in [0.4, 0.5) is 0 Å². The standard InChI is InChI=1S/C18H25N3O4/c1-10-5-4-6-16(20-10)24-9-13-7-15(18(23)17(13)22)19-8-14-11(2)21-25-12(14)3/h4-6,13,15,17-19,22-23H,7-9H2,1-3H3. The van der Waals surface area contributed by atoms with Crippen molar-refractivity contribution < 1.29 is 19.5 Å². The number of pyridine rings is 1. The fourth-order valence-corrected chi connectivity index (χ4v) is 3.27. The molecule has 1 fully saturated rings. The summed E-state index contributed by atoms with van der Waals surface area (Å²) < 4.78 is 10.8. The molecule has 0 spiro atoms. The van der Waals surface area contributed by atoms with E-state index in [0.717, 1.165) is 22.7 Å². The molecule has 1 saturated carbocycles. The number of rotatable bonds is 6. The van der Waals surface area contributed by atoms with Crippen molar-refractivity contribution in [2.45, 2.75) is 52.0 Å². The minimum Gasteiger partial charge on any atom is -0.477 e. The van der Waals surface area contributed by atoms with Gasteiger partial charge in [0.05, 0.1) is 24.5 Å². The summed E-state index contributed by atoms with van der Waals surface area (Å²) >= 11 is 0. The Labute approximate surface area is 147 Å². The van der Waals surface area contributed by atoms with Crippen LogP contribution in [0.3, 0.4) is 0 Å². The van der Waals surface area contributed by atoms with Crippen LogP contribution in [0.25, 0.3) is 0 Å². The van der Waals surface area contributed by atoms with Crippen molar-refractivity contribution in [2.75, 3.05) is 6.61 Å². The largest absolute Gasteiger partial charge is 0.477 e. The summed E-state index contributed by atoms with van der Waals surface area (Å²) in [6, 6.07) is 5.36. The number of ether oxygens (including phenoxy) is 1. The SMILES string of the molecule is Cc1cccc(OCC2CC(NCc3c(C)noc3C)C(O)C2O)n1. The van der Waals surface area contributed by atoms with Gasteiger partial charge in [-0.1, -0.05) is 11.2 Å². The Morgan fingerprint density at radius 3 is 2.72 bits per heavy atom. The van der Waals surface area contributed by atoms with Gasteiger partial charge in [0, 0.05) is 35.8 Å². The van der Waals surface area contributed by atoms with Gasteiger partial charge in [-0.3, -0.25) is 0 Å². The lowest BCUT2D eigenvalue weighted by atomic mass is 10.1. The molecule has 0 aromatic carbocycles. The molecule has 1 aliphatic rings. The predicted octanol–water partition coefficient (Wildman–Crippen LogP) is 1.27. The Morgan fingerprint density at radius 1 is 1.24 bits per heavy atom. The summed E-state index contributed by atoms with van der Waals surface area (Å²) in [5.74, 6) is 1.15. The van der Waals surface area contributed by atoms with Gasteiger partial charge in [-0.15, -0.1) is 0 Å². The Morgan fingerprint density at radius 2 is 2.04 bits per heavy atom. The minimum atomic E-state index is -0.834. The molecule has 3 rings (SSSR count). The number of aryl methyl sites for hydroxylation is 3. The summed E-state index contributed by atoms with van der Waals surface area (Å²) in [7, 11) is 0. The first-order valence-electron chi connectivity index (χ1n) is 8.53. The fourth-order valence-electron chi connectivity index (χ4n) is 3.27. The lowest BCUT2D eigenvalue weighted by Crippen LogP contribution is -2.39. The van der Waals surface area contributed by atoms with Crippen molar-refractivity contribution in [3.8, 4) is 5.88 Å². The van der Waals surface area contributed by atoms with E-state index in [2.05, 4.69) is 15.5 Å². The van der Waals surface area contributed by atoms with Crippen LogP contribution in [-0.4, -0.2) is 45.2 Å². The predicted molar refractivity (Wildman–Crippen MR) is 91.2 cm³/mol. The molecule has 7 nitrogen and oxygen atoms in total. The second-order valence-corrected chi connectivity index (χ2v) is 6.70. The molecule has 136 valence electrons. The lowest BCUT2D eigenvalue weighted by Gasteiger charge is -2.18. The third-order valence-electron chi connectivity index (χ3n) is 4.83. The zero-order valence-electron chi connectivity index (χ0n) is 14.8. The normalized spacial score (nSPS) is 26.1. The van der Waals surface area contributed by atoms with Crippen molar-refractivity contribution in [3.63, 3.8) is 0 Å². The maximum absolute atomic E-state index is 10.3. The van der Waals surface area contributed by atoms with Gasteiger partial charge in [-0.2, -0.15) is 0 Å². The highest BCUT2D eigenvalue weighted by Crippen LogP contribution is 2.28. The van der Waals surface area contributed by atoms with Gasteiger partial charge in [-0.05, 0) is 33.3 Å². The van der Waals surface area contributed by atoms with Crippen molar-refractivity contribution in [3.05, 3.63) is 40.9 Å². The number of nitrogens with one attached hydrogen (secondary N) is 1. The quantitative estimate of drug-likeness (QED) is 0.723. The first-order valence-corrected chi connectivity index (χ1v) is 8.53. The first kappa shape index (κ1) is 17.8. The topological polar surface area (TPSA) is 101 Å². The zero-order chi connectivity index (χ0) is 18.0. The van der Waals surface area contributed by atoms with Gasteiger partial charge in [0.25, 0.3) is 0 Å². The summed E-state index contributed by atoms with van der Waals surface area (Å²) in [4.78, 5) is 4.29. The molecule has 7 heteroatoms. The Kier molecular flexibility index (Phi) is 5.36. The molecule has 0 radical (unpaired) electrons. The molecule has 25 heavy (non-hydrogen) atoms. The number of hydrogen-bond donors (Lipinski definition) is 3. The van der Waals surface area contributed by atoms with Gasteiger partial charge < -0.3 is 24.8 Å². The van der Waals surface area contributed by atoms with E-state index in [9.17, 15) is 10.2 Å². The average molecular weight is 347 g/mol. The van der Waals surface area contributed by atoms with E-state index in [4.69, 9.17) is 9.26 Å². The fraction of sp³-hybridized carbons (Fsp3) is 0.556. The van der Waals surface area contributed by atoms with Gasteiger partial charge >= 0.3 is 0 Å². The highest BCUT2D eigenvalue weighted by atomic mass is 16.5. The average Bonchev–Trinajstić information content (AvgIpc) is 3.04. The Bertz CT molecular complexity index is 699. The first-order chi connectivity index (χ1) is 12.0. The number of aliphatic hydroxyl groups is 2. The van der Waals surface area contributed by atoms with Crippen LogP contribution in [-0.2, 0) is 6.54 Å². The van der Waals surface area contributed by atoms with Crippen molar-refractivity contribution in [2.24, 2.45) is 5.92 Å². The summed E-state index contributed by atoms with van der Waals surface area (Å²) in [6.07, 6.45) is -1.04. The molecule has 4 atom stereocenters. The van der Waals surface area contributed by atoms with Crippen molar-refractivity contribution >= 4 is 0 Å². The van der Waals surface area contributed by atoms with Gasteiger partial charge in [0.15, 0.2) is 0 Å². The van der Waals surface area contributed by atoms with Gasteiger partial charge in [-0.25, -0.2) is 4.98 Å². The monoisotopic (exact) mass is 347 g/mol. The van der Waals surface area contributed by atoms with E-state index in [1.54, 1.807) is 6.07 Å². The van der Waals surface area contributed by atoms with Crippen LogP contribution in [0.15, 0.2) is 22.7 Å². The Hall–Kier alpha value is -1.96. The number of hydrogen-bond acceptors (Lipinski definition) is 7. The zero-order valence-corrected chi connectivity index (χ0v) is 14.8. The molecule has 2 aromatic heterocycles. The van der Waals surface area contributed by atoms with Crippen LogP contribution < -0.4 is 10.1 Å². The van der Waals surface area contributed by atoms with E-state index in [1.807, 2.05) is 32.9 Å². The second-order valence-electron chi connectivity index (χ2n) is 6.70. The maximum Gasteiger partial charge on any atom is 0.213 e. The molecular formula is C18H25N3O4. The molecular weight excluding hydrogens is 322 g/mol. The van der Waals surface area contributed by atoms with Crippen LogP contribution in [0.1, 0.15) is 29.1 Å². The number of aromatic nitrogens is 2. The van der Waals surface area contributed by atoms with Gasteiger partial charge in [0.1, 0.15) is 5.76 Å². The molecule has 0 saturated heterocycles. The van der Waals surface area contributed by atoms with E-state index in [1.165, 1.54) is 0 Å². The Balaban J connectivity index is 1.55. The third-order valence-corrected chi connectivity index (χ3v) is 4.83. The molecule has 3 N–H and O–H groups in total. The molecule has 2 aromatic rings.